The number of hydrogen-bond acceptors (Lipinski definition) is 6. The molecule has 1 saturated heterocycles. The molecule has 4 rings (SSSR count). The summed E-state index contributed by atoms with van der Waals surface area (Å²) in [6, 6.07) is 5.67. The third-order valence-electron chi connectivity index (χ3n) is 3.91. The Morgan fingerprint density at radius 1 is 1.30 bits per heavy atom. The number of hydrogen-bond donors (Lipinski definition) is 2. The number of piperazine rings is 1. The Hall–Kier alpha value is -2.13. The Kier molecular flexibility index (Phi) is 4.36. The molecule has 0 saturated carbocycles. The number of fused-ring (bicyclic) bond motifs is 4. The van der Waals surface area contributed by atoms with Crippen LogP contribution < -0.4 is 5.32 Å². The fourth-order valence-corrected chi connectivity index (χ4v) is 4.55. The average Bonchev–Trinajstić information content (AvgIpc) is 2.51. The van der Waals surface area contributed by atoms with E-state index in [1.807, 2.05) is 0 Å². The molecular weight excluding hydrogens is 324 g/mol. The van der Waals surface area contributed by atoms with Crippen LogP contribution in [0.4, 0.5) is 4.79 Å². The Balaban J connectivity index is 0.00000192. The minimum absolute atomic E-state index is 0. The number of nitrogens with one attached hydrogen (secondary N) is 1. The minimum atomic E-state index is -4.34. The van der Waals surface area contributed by atoms with Gasteiger partial charge in [-0.2, -0.15) is 0 Å². The van der Waals surface area contributed by atoms with E-state index in [0.29, 0.717) is 5.56 Å². The molecule has 0 aromatic heterocycles. The normalized spacial score (nSPS) is 25.7. The number of benzene rings is 1. The largest absolute Gasteiger partial charge is 0.479 e. The zero-order valence-corrected chi connectivity index (χ0v) is 12.3. The van der Waals surface area contributed by atoms with Crippen molar-refractivity contribution in [2.45, 2.75) is 23.8 Å². The summed E-state index contributed by atoms with van der Waals surface area (Å²) in [4.78, 5) is 22.3. The number of aliphatic carboxylic acids is 1. The fourth-order valence-electron chi connectivity index (χ4n) is 2.69. The van der Waals surface area contributed by atoms with Crippen molar-refractivity contribution in [1.29, 1.82) is 0 Å². The standard InChI is InChI=1S/C13H14N2O6S.CH4/c16-11(17)13-8-14-5-6-15(13)12(18)21-7-9-1-3-10(4-2-9)22(13,19)20;/h1-4,14H,5-8H2,(H,16,17);1H4/t13-;/m1./s1. The second-order valence-corrected chi connectivity index (χ2v) is 7.27. The predicted octanol–water partition coefficient (Wildman–Crippen LogP) is 0.433. The molecule has 3 aliphatic heterocycles. The van der Waals surface area contributed by atoms with Crippen molar-refractivity contribution in [3.8, 4) is 0 Å². The second kappa shape index (κ2) is 5.82. The summed E-state index contributed by atoms with van der Waals surface area (Å²) >= 11 is 0. The maximum Gasteiger partial charge on any atom is 0.411 e. The lowest BCUT2D eigenvalue weighted by atomic mass is 10.2. The van der Waals surface area contributed by atoms with Crippen LogP contribution in [0, 0.1) is 0 Å². The van der Waals surface area contributed by atoms with Gasteiger partial charge >= 0.3 is 12.1 Å². The zero-order valence-electron chi connectivity index (χ0n) is 11.5. The fraction of sp³-hybridized carbons (Fsp3) is 0.429. The number of carbonyl (C=O) groups is 2. The molecule has 1 aromatic carbocycles. The Labute approximate surface area is 134 Å². The second-order valence-electron chi connectivity index (χ2n) is 5.12. The van der Waals surface area contributed by atoms with Gasteiger partial charge in [-0.1, -0.05) is 19.6 Å². The van der Waals surface area contributed by atoms with Gasteiger partial charge in [0.25, 0.3) is 4.87 Å². The number of ether oxygens (including phenoxy) is 1. The van der Waals surface area contributed by atoms with Crippen LogP contribution in [0.25, 0.3) is 0 Å². The third-order valence-corrected chi connectivity index (χ3v) is 6.23. The molecule has 9 heteroatoms. The van der Waals surface area contributed by atoms with Gasteiger partial charge in [-0.25, -0.2) is 18.0 Å². The molecule has 1 aromatic rings. The van der Waals surface area contributed by atoms with Crippen molar-refractivity contribution in [2.24, 2.45) is 0 Å². The van der Waals surface area contributed by atoms with E-state index in [9.17, 15) is 23.1 Å². The third kappa shape index (κ3) is 2.36. The quantitative estimate of drug-likeness (QED) is 0.761. The SMILES string of the molecule is C.O=C1OCc2ccc(cc2)S(=O)(=O)[C@@]2(C(=O)O)CNCCN12. The van der Waals surface area contributed by atoms with Gasteiger partial charge in [0.05, 0.1) is 4.90 Å². The Morgan fingerprint density at radius 2 is 1.96 bits per heavy atom. The monoisotopic (exact) mass is 342 g/mol. The van der Waals surface area contributed by atoms with Crippen molar-refractivity contribution in [2.75, 3.05) is 19.6 Å². The Bertz CT molecular complexity index is 730. The average molecular weight is 342 g/mol. The van der Waals surface area contributed by atoms with Crippen molar-refractivity contribution in [3.63, 3.8) is 0 Å². The molecule has 1 atom stereocenters. The van der Waals surface area contributed by atoms with Gasteiger partial charge < -0.3 is 15.2 Å². The first-order valence-electron chi connectivity index (χ1n) is 6.62. The summed E-state index contributed by atoms with van der Waals surface area (Å²) in [5.41, 5.74) is 0.630. The number of rotatable bonds is 1. The van der Waals surface area contributed by atoms with E-state index < -0.39 is 33.3 Å². The number of sulfone groups is 1. The van der Waals surface area contributed by atoms with Crippen LogP contribution in [0.1, 0.15) is 13.0 Å². The Morgan fingerprint density at radius 3 is 2.57 bits per heavy atom. The summed E-state index contributed by atoms with van der Waals surface area (Å²) in [7, 11) is -4.34. The van der Waals surface area contributed by atoms with E-state index in [0.717, 1.165) is 4.90 Å². The van der Waals surface area contributed by atoms with Crippen LogP contribution in [-0.2, 0) is 26.0 Å². The van der Waals surface area contributed by atoms with Gasteiger partial charge in [-0.15, -0.1) is 0 Å². The van der Waals surface area contributed by atoms with Crippen molar-refractivity contribution in [3.05, 3.63) is 29.8 Å². The van der Waals surface area contributed by atoms with E-state index in [2.05, 4.69) is 5.32 Å². The maximum atomic E-state index is 12.9. The van der Waals surface area contributed by atoms with Gasteiger partial charge in [-0.3, -0.25) is 4.90 Å². The van der Waals surface area contributed by atoms with Crippen LogP contribution in [0.2, 0.25) is 0 Å². The van der Waals surface area contributed by atoms with Crippen LogP contribution in [0.3, 0.4) is 0 Å². The van der Waals surface area contributed by atoms with Crippen LogP contribution in [-0.4, -0.2) is 55.0 Å². The van der Waals surface area contributed by atoms with Crippen molar-refractivity contribution in [1.82, 2.24) is 10.2 Å². The van der Waals surface area contributed by atoms with Crippen molar-refractivity contribution < 1.29 is 27.9 Å². The molecule has 3 aliphatic rings. The molecule has 2 bridgehead atoms. The molecule has 126 valence electrons. The van der Waals surface area contributed by atoms with Crippen LogP contribution >= 0.6 is 0 Å². The number of amides is 1. The highest BCUT2D eigenvalue weighted by atomic mass is 32.2. The molecule has 23 heavy (non-hydrogen) atoms. The highest BCUT2D eigenvalue weighted by molar-refractivity contribution is 7.93. The van der Waals surface area contributed by atoms with E-state index in [1.54, 1.807) is 0 Å². The van der Waals surface area contributed by atoms with Gasteiger partial charge in [0.1, 0.15) is 6.61 Å². The molecule has 8 nitrogen and oxygen atoms in total. The lowest BCUT2D eigenvalue weighted by Crippen LogP contribution is -2.70. The highest BCUT2D eigenvalue weighted by Crippen LogP contribution is 2.33. The van der Waals surface area contributed by atoms with Crippen molar-refractivity contribution >= 4 is 21.9 Å². The number of carboxylic acid groups (broad SMARTS) is 1. The van der Waals surface area contributed by atoms with E-state index >= 15 is 0 Å². The lowest BCUT2D eigenvalue weighted by molar-refractivity contribution is -0.145. The predicted molar refractivity (Wildman–Crippen MR) is 80.5 cm³/mol. The summed E-state index contributed by atoms with van der Waals surface area (Å²) in [5, 5.41) is 12.4. The first kappa shape index (κ1) is 17.2. The summed E-state index contributed by atoms with van der Waals surface area (Å²) < 4.78 is 30.9. The molecule has 0 aliphatic carbocycles. The van der Waals surface area contributed by atoms with Crippen LogP contribution in [0.5, 0.6) is 0 Å². The van der Waals surface area contributed by atoms with Gasteiger partial charge in [-0.05, 0) is 17.7 Å². The topological polar surface area (TPSA) is 113 Å². The number of carbonyl (C=O) groups excluding carboxylic acids is 1. The highest BCUT2D eigenvalue weighted by Gasteiger charge is 2.60. The first-order valence-corrected chi connectivity index (χ1v) is 8.10. The molecule has 3 heterocycles. The zero-order chi connectivity index (χ0) is 16.0. The van der Waals surface area contributed by atoms with E-state index in [4.69, 9.17) is 4.74 Å². The molecule has 2 N–H and O–H groups in total. The molecular formula is C14H18N2O6S. The summed E-state index contributed by atoms with van der Waals surface area (Å²) in [6.07, 6.45) is -0.949. The van der Waals surface area contributed by atoms with E-state index in [1.165, 1.54) is 24.3 Å². The molecule has 1 fully saturated rings. The summed E-state index contributed by atoms with van der Waals surface area (Å²) in [5.74, 6) is -1.61. The maximum absolute atomic E-state index is 12.9. The van der Waals surface area contributed by atoms with Gasteiger partial charge in [0, 0.05) is 19.6 Å². The van der Waals surface area contributed by atoms with Gasteiger partial charge in [0.15, 0.2) is 0 Å². The van der Waals surface area contributed by atoms with Gasteiger partial charge in [0.2, 0.25) is 9.84 Å². The summed E-state index contributed by atoms with van der Waals surface area (Å²) in [6.45, 7) is -0.224. The lowest BCUT2D eigenvalue weighted by Gasteiger charge is -2.42. The minimum Gasteiger partial charge on any atom is -0.479 e. The molecule has 0 spiro atoms. The number of nitrogens with zero attached hydrogens (tertiary/aromatic N) is 1. The molecule has 0 unspecified atom stereocenters. The number of carboxylic acids is 1. The smallest absolute Gasteiger partial charge is 0.411 e. The molecule has 1 amide bonds. The molecule has 0 radical (unpaired) electrons. The van der Waals surface area contributed by atoms with Crippen LogP contribution in [0.15, 0.2) is 29.2 Å². The van der Waals surface area contributed by atoms with E-state index in [-0.39, 0.29) is 32.0 Å². The first-order chi connectivity index (χ1) is 10.4.